The summed E-state index contributed by atoms with van der Waals surface area (Å²) in [6, 6.07) is 9.52. The molecule has 0 radical (unpaired) electrons. The quantitative estimate of drug-likeness (QED) is 0.751. The lowest BCUT2D eigenvalue weighted by Crippen LogP contribution is -2.31. The predicted molar refractivity (Wildman–Crippen MR) is 98.0 cm³/mol. The highest BCUT2D eigenvalue weighted by molar-refractivity contribution is 5.56. The summed E-state index contributed by atoms with van der Waals surface area (Å²) in [5.41, 5.74) is 3.79. The van der Waals surface area contributed by atoms with E-state index in [9.17, 15) is 5.11 Å². The van der Waals surface area contributed by atoms with Crippen molar-refractivity contribution in [2.75, 3.05) is 18.6 Å². The Bertz CT molecular complexity index is 905. The van der Waals surface area contributed by atoms with Gasteiger partial charge in [0.2, 0.25) is 5.88 Å². The molecule has 0 saturated carbocycles. The molecule has 1 aliphatic rings. The molecule has 7 heteroatoms. The fourth-order valence-corrected chi connectivity index (χ4v) is 3.12. The maximum absolute atomic E-state index is 9.76. The van der Waals surface area contributed by atoms with Gasteiger partial charge in [-0.1, -0.05) is 6.07 Å². The number of aromatic nitrogens is 4. The molecule has 0 aliphatic carbocycles. The van der Waals surface area contributed by atoms with Crippen LogP contribution in [0.15, 0.2) is 36.5 Å². The molecule has 0 spiro atoms. The van der Waals surface area contributed by atoms with Gasteiger partial charge in [-0.3, -0.25) is 0 Å². The van der Waals surface area contributed by atoms with Crippen molar-refractivity contribution in [1.82, 2.24) is 19.9 Å². The van der Waals surface area contributed by atoms with Crippen molar-refractivity contribution in [2.45, 2.75) is 26.0 Å². The van der Waals surface area contributed by atoms with E-state index in [0.717, 1.165) is 41.6 Å². The van der Waals surface area contributed by atoms with E-state index >= 15 is 0 Å². The van der Waals surface area contributed by atoms with E-state index in [1.165, 1.54) is 0 Å². The minimum absolute atomic E-state index is 0.573. The van der Waals surface area contributed by atoms with Crippen molar-refractivity contribution in [3.05, 3.63) is 53.6 Å². The Morgan fingerprint density at radius 2 is 2.12 bits per heavy atom. The van der Waals surface area contributed by atoms with Crippen molar-refractivity contribution in [2.24, 2.45) is 0 Å². The molecule has 0 aromatic carbocycles. The molecule has 26 heavy (non-hydrogen) atoms. The number of anilines is 1. The van der Waals surface area contributed by atoms with Crippen LogP contribution < -0.4 is 9.64 Å². The lowest BCUT2D eigenvalue weighted by Gasteiger charge is -2.27. The number of H-pyrrole nitrogens is 1. The second-order valence-corrected chi connectivity index (χ2v) is 6.37. The number of aromatic amines is 1. The standard InChI is InChI=1S/C19H21N5O2/c1-12(25)14-4-3-5-17(21-14)24-9-8-15-16(11-24)23-19(22-15)13-6-7-18(26-2)20-10-13/h3-7,10,12,25H,8-9,11H2,1-2H3,(H,22,23). The highest BCUT2D eigenvalue weighted by Crippen LogP contribution is 2.26. The Morgan fingerprint density at radius 3 is 2.85 bits per heavy atom. The van der Waals surface area contributed by atoms with Crippen molar-refractivity contribution < 1.29 is 9.84 Å². The van der Waals surface area contributed by atoms with Crippen molar-refractivity contribution in [3.8, 4) is 17.3 Å². The Kier molecular flexibility index (Phi) is 4.30. The smallest absolute Gasteiger partial charge is 0.212 e. The first kappa shape index (κ1) is 16.5. The lowest BCUT2D eigenvalue weighted by atomic mass is 10.1. The number of pyridine rings is 2. The van der Waals surface area contributed by atoms with Gasteiger partial charge in [0.05, 0.1) is 36.8 Å². The van der Waals surface area contributed by atoms with Gasteiger partial charge in [-0.15, -0.1) is 0 Å². The number of methoxy groups -OCH3 is 1. The Hall–Kier alpha value is -2.93. The first-order valence-corrected chi connectivity index (χ1v) is 8.62. The molecule has 0 fully saturated rings. The number of aliphatic hydroxyl groups is 1. The lowest BCUT2D eigenvalue weighted by molar-refractivity contribution is 0.194. The second-order valence-electron chi connectivity index (χ2n) is 6.37. The molecule has 1 unspecified atom stereocenters. The van der Waals surface area contributed by atoms with Crippen LogP contribution in [0.3, 0.4) is 0 Å². The minimum atomic E-state index is -0.573. The van der Waals surface area contributed by atoms with Crippen molar-refractivity contribution in [1.29, 1.82) is 0 Å². The number of hydrogen-bond donors (Lipinski definition) is 2. The molecular formula is C19H21N5O2. The number of fused-ring (bicyclic) bond motifs is 1. The van der Waals surface area contributed by atoms with E-state index in [1.807, 2.05) is 30.3 Å². The van der Waals surface area contributed by atoms with Gasteiger partial charge in [-0.05, 0) is 25.1 Å². The number of nitrogens with zero attached hydrogens (tertiary/aromatic N) is 4. The summed E-state index contributed by atoms with van der Waals surface area (Å²) in [5, 5.41) is 9.76. The van der Waals surface area contributed by atoms with Crippen LogP contribution in [0.5, 0.6) is 5.88 Å². The van der Waals surface area contributed by atoms with Gasteiger partial charge in [-0.2, -0.15) is 0 Å². The molecule has 7 nitrogen and oxygen atoms in total. The van der Waals surface area contributed by atoms with Gasteiger partial charge in [0, 0.05) is 30.8 Å². The van der Waals surface area contributed by atoms with Crippen LogP contribution in [0, 0.1) is 0 Å². The number of imidazole rings is 1. The third-order valence-corrected chi connectivity index (χ3v) is 4.56. The van der Waals surface area contributed by atoms with Crippen LogP contribution in [0.2, 0.25) is 0 Å². The fourth-order valence-electron chi connectivity index (χ4n) is 3.12. The van der Waals surface area contributed by atoms with Crippen molar-refractivity contribution >= 4 is 5.82 Å². The topological polar surface area (TPSA) is 87.2 Å². The molecule has 1 aliphatic heterocycles. The van der Waals surface area contributed by atoms with E-state index in [2.05, 4.69) is 19.9 Å². The highest BCUT2D eigenvalue weighted by Gasteiger charge is 2.22. The van der Waals surface area contributed by atoms with Gasteiger partial charge >= 0.3 is 0 Å². The molecule has 134 valence electrons. The predicted octanol–water partition coefficient (Wildman–Crippen LogP) is 2.49. The van der Waals surface area contributed by atoms with E-state index in [0.29, 0.717) is 18.1 Å². The van der Waals surface area contributed by atoms with Gasteiger partial charge in [-0.25, -0.2) is 15.0 Å². The third kappa shape index (κ3) is 3.13. The van der Waals surface area contributed by atoms with Crippen LogP contribution in [0.4, 0.5) is 5.82 Å². The van der Waals surface area contributed by atoms with Gasteiger partial charge in [0.15, 0.2) is 0 Å². The Labute approximate surface area is 151 Å². The zero-order valence-corrected chi connectivity index (χ0v) is 14.8. The van der Waals surface area contributed by atoms with Crippen LogP contribution in [-0.4, -0.2) is 38.7 Å². The number of hydrogen-bond acceptors (Lipinski definition) is 6. The van der Waals surface area contributed by atoms with Gasteiger partial charge in [0.25, 0.3) is 0 Å². The molecule has 1 atom stereocenters. The maximum atomic E-state index is 9.76. The van der Waals surface area contributed by atoms with E-state index in [4.69, 9.17) is 9.72 Å². The van der Waals surface area contributed by atoms with E-state index in [1.54, 1.807) is 20.2 Å². The van der Waals surface area contributed by atoms with Crippen LogP contribution in [-0.2, 0) is 13.0 Å². The average Bonchev–Trinajstić information content (AvgIpc) is 3.11. The zero-order chi connectivity index (χ0) is 18.1. The maximum Gasteiger partial charge on any atom is 0.212 e. The highest BCUT2D eigenvalue weighted by atomic mass is 16.5. The first-order valence-electron chi connectivity index (χ1n) is 8.62. The number of aliphatic hydroxyl groups excluding tert-OH is 1. The second kappa shape index (κ2) is 6.76. The molecule has 3 aromatic heterocycles. The molecule has 4 heterocycles. The summed E-state index contributed by atoms with van der Waals surface area (Å²) in [5.74, 6) is 2.27. The Morgan fingerprint density at radius 1 is 1.23 bits per heavy atom. The molecule has 0 saturated heterocycles. The average molecular weight is 351 g/mol. The fraction of sp³-hybridized carbons (Fsp3) is 0.316. The van der Waals surface area contributed by atoms with Crippen LogP contribution in [0.25, 0.3) is 11.4 Å². The van der Waals surface area contributed by atoms with E-state index in [-0.39, 0.29) is 0 Å². The SMILES string of the molecule is COc1ccc(-c2nc3c([nH]2)CN(c2cccc(C(C)O)n2)CC3)cn1. The number of ether oxygens (including phenoxy) is 1. The van der Waals surface area contributed by atoms with Crippen LogP contribution in [0.1, 0.15) is 30.1 Å². The molecule has 0 amide bonds. The summed E-state index contributed by atoms with van der Waals surface area (Å²) in [4.78, 5) is 19.2. The molecule has 0 bridgehead atoms. The van der Waals surface area contributed by atoms with E-state index < -0.39 is 6.10 Å². The first-order chi connectivity index (χ1) is 12.6. The summed E-state index contributed by atoms with van der Waals surface area (Å²) >= 11 is 0. The normalized spacial score (nSPS) is 14.8. The minimum Gasteiger partial charge on any atom is -0.481 e. The Balaban J connectivity index is 1.57. The monoisotopic (exact) mass is 351 g/mol. The summed E-state index contributed by atoms with van der Waals surface area (Å²) in [7, 11) is 1.60. The number of nitrogens with one attached hydrogen (secondary N) is 1. The van der Waals surface area contributed by atoms with Gasteiger partial charge in [0.1, 0.15) is 11.6 Å². The van der Waals surface area contributed by atoms with Crippen LogP contribution >= 0.6 is 0 Å². The van der Waals surface area contributed by atoms with Crippen molar-refractivity contribution in [3.63, 3.8) is 0 Å². The largest absolute Gasteiger partial charge is 0.481 e. The molecule has 2 N–H and O–H groups in total. The molecular weight excluding hydrogens is 330 g/mol. The molecule has 4 rings (SSSR count). The zero-order valence-electron chi connectivity index (χ0n) is 14.8. The summed E-state index contributed by atoms with van der Waals surface area (Å²) in [6.07, 6.45) is 2.03. The molecule has 3 aromatic rings. The third-order valence-electron chi connectivity index (χ3n) is 4.56. The number of rotatable bonds is 4. The summed E-state index contributed by atoms with van der Waals surface area (Å²) < 4.78 is 5.10. The summed E-state index contributed by atoms with van der Waals surface area (Å²) in [6.45, 7) is 3.28. The van der Waals surface area contributed by atoms with Gasteiger partial charge < -0.3 is 19.7 Å².